The zero-order valence-corrected chi connectivity index (χ0v) is 9.58. The van der Waals surface area contributed by atoms with E-state index in [-0.39, 0.29) is 11.3 Å². The number of aliphatic hydroxyl groups excluding tert-OH is 1. The van der Waals surface area contributed by atoms with Crippen molar-refractivity contribution in [2.24, 2.45) is 0 Å². The third-order valence-electron chi connectivity index (χ3n) is 2.49. The van der Waals surface area contributed by atoms with E-state index in [0.29, 0.717) is 5.39 Å². The van der Waals surface area contributed by atoms with E-state index in [2.05, 4.69) is 0 Å². The Balaban J connectivity index is 2.62. The van der Waals surface area contributed by atoms with Gasteiger partial charge in [-0.15, -0.1) is 0 Å². The second-order valence-corrected chi connectivity index (χ2v) is 5.39. The second-order valence-electron chi connectivity index (χ2n) is 3.72. The van der Waals surface area contributed by atoms with Crippen molar-refractivity contribution in [2.45, 2.75) is 5.85 Å². The van der Waals surface area contributed by atoms with Gasteiger partial charge in [-0.2, -0.15) is 0 Å². The monoisotopic (exact) mass is 254 g/mol. The van der Waals surface area contributed by atoms with E-state index in [0.717, 1.165) is 5.39 Å². The fraction of sp³-hybridized carbons (Fsp3) is 0.0909. The van der Waals surface area contributed by atoms with Gasteiger partial charge in [-0.05, 0) is 22.9 Å². The van der Waals surface area contributed by atoms with Crippen LogP contribution in [0.2, 0.25) is 0 Å². The highest BCUT2D eigenvalue weighted by atomic mass is 31.2. The van der Waals surface area contributed by atoms with Crippen LogP contribution in [0, 0.1) is 0 Å². The maximum Gasteiger partial charge on any atom is 0.358 e. The maximum atomic E-state index is 11.0. The molecule has 0 radical (unpaired) electrons. The number of phenolic OH excluding ortho intramolecular Hbond substituents is 1. The van der Waals surface area contributed by atoms with Gasteiger partial charge in [0.1, 0.15) is 5.75 Å². The lowest BCUT2D eigenvalue weighted by Crippen LogP contribution is -1.98. The van der Waals surface area contributed by atoms with Crippen LogP contribution in [0.1, 0.15) is 11.4 Å². The quantitative estimate of drug-likeness (QED) is 0.611. The molecule has 0 heterocycles. The third-order valence-corrected chi connectivity index (χ3v) is 3.41. The molecule has 0 aliphatic carbocycles. The van der Waals surface area contributed by atoms with Crippen LogP contribution in [-0.4, -0.2) is 20.0 Å². The average Bonchev–Trinajstić information content (AvgIpc) is 2.26. The van der Waals surface area contributed by atoms with Gasteiger partial charge in [0.2, 0.25) is 0 Å². The van der Waals surface area contributed by atoms with Gasteiger partial charge in [-0.3, -0.25) is 4.57 Å². The summed E-state index contributed by atoms with van der Waals surface area (Å²) in [6, 6.07) is 9.75. The first-order chi connectivity index (χ1) is 7.89. The largest absolute Gasteiger partial charge is 0.508 e. The molecule has 0 aromatic heterocycles. The Morgan fingerprint density at radius 1 is 1.06 bits per heavy atom. The molecule has 0 saturated carbocycles. The number of hydrogen-bond donors (Lipinski definition) is 4. The van der Waals surface area contributed by atoms with Crippen molar-refractivity contribution in [3.63, 3.8) is 0 Å². The molecule has 6 heteroatoms. The number of aromatic hydroxyl groups is 1. The minimum Gasteiger partial charge on any atom is -0.508 e. The molecule has 5 nitrogen and oxygen atoms in total. The van der Waals surface area contributed by atoms with E-state index in [1.165, 1.54) is 12.1 Å². The molecule has 1 atom stereocenters. The molecule has 0 spiro atoms. The Morgan fingerprint density at radius 3 is 2.12 bits per heavy atom. The minimum atomic E-state index is -4.69. The Hall–Kier alpha value is -1.39. The van der Waals surface area contributed by atoms with Gasteiger partial charge in [0.15, 0.2) is 5.85 Å². The fourth-order valence-corrected chi connectivity index (χ4v) is 2.20. The highest BCUT2D eigenvalue weighted by Gasteiger charge is 2.30. The van der Waals surface area contributed by atoms with Crippen LogP contribution >= 0.6 is 7.60 Å². The summed E-state index contributed by atoms with van der Waals surface area (Å²) in [4.78, 5) is 17.8. The minimum absolute atomic E-state index is 0.169. The van der Waals surface area contributed by atoms with Crippen LogP contribution in [0.3, 0.4) is 0 Å². The zero-order chi connectivity index (χ0) is 12.6. The van der Waals surface area contributed by atoms with E-state index in [1.54, 1.807) is 24.3 Å². The molecule has 0 fully saturated rings. The molecule has 90 valence electrons. The molecule has 2 rings (SSSR count). The standard InChI is InChI=1S/C11H11O5P/c12-10-6-8-4-2-1-3-7(8)5-9(10)11(13)17(14,15)16/h1-6,11-13H,(H2,14,15,16). The van der Waals surface area contributed by atoms with Crippen molar-refractivity contribution in [1.29, 1.82) is 0 Å². The molecule has 0 saturated heterocycles. The zero-order valence-electron chi connectivity index (χ0n) is 8.69. The summed E-state index contributed by atoms with van der Waals surface area (Å²) in [7, 11) is -4.69. The lowest BCUT2D eigenvalue weighted by molar-refractivity contribution is 0.202. The molecule has 4 N–H and O–H groups in total. The highest BCUT2D eigenvalue weighted by molar-refractivity contribution is 7.51. The first-order valence-corrected chi connectivity index (χ1v) is 6.52. The Bertz CT molecular complexity index is 604. The van der Waals surface area contributed by atoms with E-state index < -0.39 is 13.4 Å². The summed E-state index contributed by atoms with van der Waals surface area (Å²) in [6.07, 6.45) is 0. The van der Waals surface area contributed by atoms with Gasteiger partial charge < -0.3 is 20.0 Å². The van der Waals surface area contributed by atoms with Crippen LogP contribution in [0.15, 0.2) is 36.4 Å². The Morgan fingerprint density at radius 2 is 1.59 bits per heavy atom. The number of hydrogen-bond acceptors (Lipinski definition) is 3. The van der Waals surface area contributed by atoms with Crippen LogP contribution < -0.4 is 0 Å². The van der Waals surface area contributed by atoms with E-state index >= 15 is 0 Å². The normalized spacial score (nSPS) is 13.8. The summed E-state index contributed by atoms with van der Waals surface area (Å²) in [6.45, 7) is 0. The van der Waals surface area contributed by atoms with Gasteiger partial charge in [-0.1, -0.05) is 24.3 Å². The molecule has 0 aliphatic rings. The smallest absolute Gasteiger partial charge is 0.358 e. The first-order valence-electron chi connectivity index (χ1n) is 4.84. The average molecular weight is 254 g/mol. The van der Waals surface area contributed by atoms with Crippen LogP contribution in [0.4, 0.5) is 0 Å². The molecule has 2 aromatic carbocycles. The topological polar surface area (TPSA) is 98.0 Å². The summed E-state index contributed by atoms with van der Waals surface area (Å²) in [5.74, 6) is -2.34. The van der Waals surface area contributed by atoms with Gasteiger partial charge in [-0.25, -0.2) is 0 Å². The van der Waals surface area contributed by atoms with Crippen LogP contribution in [0.25, 0.3) is 10.8 Å². The van der Waals surface area contributed by atoms with E-state index in [4.69, 9.17) is 9.79 Å². The first kappa shape index (κ1) is 12.1. The van der Waals surface area contributed by atoms with Gasteiger partial charge in [0, 0.05) is 5.56 Å². The van der Waals surface area contributed by atoms with Crippen molar-refractivity contribution in [1.82, 2.24) is 0 Å². The predicted molar refractivity (Wildman–Crippen MR) is 62.6 cm³/mol. The molecule has 2 aromatic rings. The maximum absolute atomic E-state index is 11.0. The lowest BCUT2D eigenvalue weighted by atomic mass is 10.1. The number of phenols is 1. The molecular formula is C11H11O5P. The fourth-order valence-electron chi connectivity index (χ4n) is 1.63. The molecule has 17 heavy (non-hydrogen) atoms. The van der Waals surface area contributed by atoms with E-state index in [9.17, 15) is 14.8 Å². The van der Waals surface area contributed by atoms with Gasteiger partial charge >= 0.3 is 7.60 Å². The van der Waals surface area contributed by atoms with Crippen molar-refractivity contribution >= 4 is 18.4 Å². The summed E-state index contributed by atoms with van der Waals surface area (Å²) < 4.78 is 11.0. The number of benzene rings is 2. The molecule has 0 amide bonds. The van der Waals surface area contributed by atoms with Crippen molar-refractivity contribution < 1.29 is 24.6 Å². The summed E-state index contributed by atoms with van der Waals surface area (Å²) in [5.41, 5.74) is -0.169. The SMILES string of the molecule is O=P(O)(O)C(O)c1cc2ccccc2cc1O. The molecule has 1 unspecified atom stereocenters. The second kappa shape index (κ2) is 4.13. The summed E-state index contributed by atoms with van der Waals surface area (Å²) >= 11 is 0. The van der Waals surface area contributed by atoms with Crippen LogP contribution in [0.5, 0.6) is 5.75 Å². The van der Waals surface area contributed by atoms with Crippen LogP contribution in [-0.2, 0) is 4.57 Å². The third kappa shape index (κ3) is 2.33. The summed E-state index contributed by atoms with van der Waals surface area (Å²) in [5, 5.41) is 20.5. The van der Waals surface area contributed by atoms with E-state index in [1.807, 2.05) is 0 Å². The number of aliphatic hydroxyl groups is 1. The van der Waals surface area contributed by atoms with Gasteiger partial charge in [0.25, 0.3) is 0 Å². The highest BCUT2D eigenvalue weighted by Crippen LogP contribution is 2.52. The number of rotatable bonds is 2. The Labute approximate surface area is 97.1 Å². The predicted octanol–water partition coefficient (Wildman–Crippen LogP) is 1.71. The van der Waals surface area contributed by atoms with Crippen molar-refractivity contribution in [2.75, 3.05) is 0 Å². The van der Waals surface area contributed by atoms with Crippen molar-refractivity contribution in [3.8, 4) is 5.75 Å². The molecule has 0 bridgehead atoms. The Kier molecular flexibility index (Phi) is 2.93. The van der Waals surface area contributed by atoms with Crippen molar-refractivity contribution in [3.05, 3.63) is 42.0 Å². The number of fused-ring (bicyclic) bond motifs is 1. The van der Waals surface area contributed by atoms with Gasteiger partial charge in [0.05, 0.1) is 0 Å². The lowest BCUT2D eigenvalue weighted by Gasteiger charge is -2.14. The molecular weight excluding hydrogens is 243 g/mol. The molecule has 0 aliphatic heterocycles.